The summed E-state index contributed by atoms with van der Waals surface area (Å²) in [6, 6.07) is 14.6. The Morgan fingerprint density at radius 2 is 1.76 bits per heavy atom. The maximum Gasteiger partial charge on any atom is 0.255 e. The van der Waals surface area contributed by atoms with Gasteiger partial charge in [-0.1, -0.05) is 18.2 Å². The van der Waals surface area contributed by atoms with E-state index in [0.29, 0.717) is 30.9 Å². The number of carbonyl (C=O) groups is 1. The summed E-state index contributed by atoms with van der Waals surface area (Å²) in [6.07, 6.45) is -1.03. The van der Waals surface area contributed by atoms with Gasteiger partial charge in [-0.2, -0.15) is 0 Å². The number of amides is 1. The topological polar surface area (TPSA) is 56.2 Å². The number of hydrogen-bond donors (Lipinski definition) is 1. The maximum absolute atomic E-state index is 13.7. The third-order valence-corrected chi connectivity index (χ3v) is 6.63. The minimum Gasteiger partial charge on any atom is -0.497 e. The van der Waals surface area contributed by atoms with Gasteiger partial charge in [0.2, 0.25) is 0 Å². The molecule has 0 unspecified atom stereocenters. The zero-order valence-electron chi connectivity index (χ0n) is 21.0. The molecule has 37 heavy (non-hydrogen) atoms. The Balaban J connectivity index is 1.66. The van der Waals surface area contributed by atoms with E-state index < -0.39 is 17.7 Å². The van der Waals surface area contributed by atoms with E-state index in [2.05, 4.69) is 4.90 Å². The number of aliphatic hydroxyl groups is 1. The normalized spacial score (nSPS) is 16.9. The highest BCUT2D eigenvalue weighted by Gasteiger charge is 2.32. The Morgan fingerprint density at radius 3 is 2.41 bits per heavy atom. The van der Waals surface area contributed by atoms with Crippen LogP contribution < -0.4 is 9.64 Å². The molecule has 196 valence electrons. The summed E-state index contributed by atoms with van der Waals surface area (Å²) in [4.78, 5) is 18.7. The van der Waals surface area contributed by atoms with Crippen molar-refractivity contribution in [3.8, 4) is 5.75 Å². The zero-order valence-corrected chi connectivity index (χ0v) is 21.0. The molecular weight excluding hydrogens is 483 g/mol. The van der Waals surface area contributed by atoms with E-state index in [1.807, 2.05) is 11.0 Å². The lowest BCUT2D eigenvalue weighted by molar-refractivity contribution is 0.0826. The van der Waals surface area contributed by atoms with Crippen molar-refractivity contribution in [1.29, 1.82) is 0 Å². The van der Waals surface area contributed by atoms with E-state index in [1.54, 1.807) is 38.4 Å². The molecule has 0 aromatic heterocycles. The molecule has 0 bridgehead atoms. The maximum atomic E-state index is 13.7. The fourth-order valence-corrected chi connectivity index (χ4v) is 4.64. The van der Waals surface area contributed by atoms with Crippen LogP contribution in [0.4, 0.5) is 18.9 Å². The van der Waals surface area contributed by atoms with E-state index >= 15 is 0 Å². The third kappa shape index (κ3) is 5.89. The Hall–Kier alpha value is -3.56. The number of benzene rings is 3. The van der Waals surface area contributed by atoms with Crippen LogP contribution in [0.15, 0.2) is 60.7 Å². The van der Waals surface area contributed by atoms with Gasteiger partial charge in [0.05, 0.1) is 30.5 Å². The van der Waals surface area contributed by atoms with Crippen LogP contribution in [0.25, 0.3) is 0 Å². The molecule has 6 nitrogen and oxygen atoms in total. The van der Waals surface area contributed by atoms with Gasteiger partial charge in [-0.3, -0.25) is 9.69 Å². The van der Waals surface area contributed by atoms with E-state index in [1.165, 1.54) is 30.2 Å². The monoisotopic (exact) mass is 513 g/mol. The average molecular weight is 514 g/mol. The molecular formula is C28H30F3N3O3. The Labute approximate surface area is 214 Å². The molecule has 4 rings (SSSR count). The molecule has 0 saturated carbocycles. The Bertz CT molecular complexity index is 1250. The summed E-state index contributed by atoms with van der Waals surface area (Å²) in [6.45, 7) is 1.70. The average Bonchev–Trinajstić information content (AvgIpc) is 2.89. The van der Waals surface area contributed by atoms with E-state index in [9.17, 15) is 23.1 Å². The molecule has 1 aliphatic rings. The number of anilines is 1. The minimum atomic E-state index is -1.03. The first-order valence-corrected chi connectivity index (χ1v) is 11.9. The fourth-order valence-electron chi connectivity index (χ4n) is 4.64. The molecule has 0 aliphatic carbocycles. The first-order valence-electron chi connectivity index (χ1n) is 11.9. The zero-order chi connectivity index (χ0) is 26.7. The highest BCUT2D eigenvalue weighted by atomic mass is 19.2. The van der Waals surface area contributed by atoms with Gasteiger partial charge < -0.3 is 19.6 Å². The molecule has 3 aromatic rings. The molecule has 1 aliphatic heterocycles. The number of piperazine rings is 1. The SMILES string of the molecule is COc1ccc(N2CCN(C[C@@H](O)c3ccc(F)c(F)c3)C[C@H]2c2ccc(F)cc2)c(C(=O)N(C)C)c1. The second-order valence-corrected chi connectivity index (χ2v) is 9.29. The molecule has 1 amide bonds. The van der Waals surface area contributed by atoms with Gasteiger partial charge in [-0.25, -0.2) is 13.2 Å². The lowest BCUT2D eigenvalue weighted by atomic mass is 9.98. The van der Waals surface area contributed by atoms with Crippen molar-refractivity contribution >= 4 is 11.6 Å². The first kappa shape index (κ1) is 26.5. The summed E-state index contributed by atoms with van der Waals surface area (Å²) in [5, 5.41) is 10.7. The van der Waals surface area contributed by atoms with Gasteiger partial charge in [0.15, 0.2) is 11.6 Å². The molecule has 9 heteroatoms. The number of ether oxygens (including phenoxy) is 1. The van der Waals surface area contributed by atoms with E-state index in [4.69, 9.17) is 4.74 Å². The number of β-amino-alcohol motifs (C(OH)–C–C–N with tert-alkyl or cyclic N) is 1. The Morgan fingerprint density at radius 1 is 1.03 bits per heavy atom. The van der Waals surface area contributed by atoms with Gasteiger partial charge in [0.25, 0.3) is 5.91 Å². The molecule has 0 spiro atoms. The van der Waals surface area contributed by atoms with Gasteiger partial charge >= 0.3 is 0 Å². The largest absolute Gasteiger partial charge is 0.497 e. The number of carbonyl (C=O) groups excluding carboxylic acids is 1. The third-order valence-electron chi connectivity index (χ3n) is 6.63. The summed E-state index contributed by atoms with van der Waals surface area (Å²) in [5.74, 6) is -1.96. The minimum absolute atomic E-state index is 0.178. The number of aliphatic hydroxyl groups excluding tert-OH is 1. The van der Waals surface area contributed by atoms with Crippen molar-refractivity contribution in [2.75, 3.05) is 52.3 Å². The number of halogens is 3. The van der Waals surface area contributed by atoms with Crippen molar-refractivity contribution in [1.82, 2.24) is 9.80 Å². The van der Waals surface area contributed by atoms with Crippen molar-refractivity contribution in [2.24, 2.45) is 0 Å². The second kappa shape index (κ2) is 11.2. The van der Waals surface area contributed by atoms with Crippen LogP contribution in [0.2, 0.25) is 0 Å². The molecule has 1 N–H and O–H groups in total. The number of nitrogens with zero attached hydrogens (tertiary/aromatic N) is 3. The predicted molar refractivity (Wildman–Crippen MR) is 135 cm³/mol. The first-order chi connectivity index (χ1) is 17.7. The summed E-state index contributed by atoms with van der Waals surface area (Å²) in [7, 11) is 4.90. The van der Waals surface area contributed by atoms with Gasteiger partial charge in [0.1, 0.15) is 11.6 Å². The van der Waals surface area contributed by atoms with Crippen LogP contribution in [0, 0.1) is 17.5 Å². The smallest absolute Gasteiger partial charge is 0.255 e. The van der Waals surface area contributed by atoms with Crippen molar-refractivity contribution in [2.45, 2.75) is 12.1 Å². The molecule has 1 saturated heterocycles. The lowest BCUT2D eigenvalue weighted by Crippen LogP contribution is -2.50. The standard InChI is InChI=1S/C28H30F3N3O3/c1-32(2)28(36)22-15-21(37-3)9-11-25(22)34-13-12-33(16-26(34)18-4-7-20(29)8-5-18)17-27(35)19-6-10-23(30)24(31)14-19/h4-11,14-15,26-27,35H,12-13,16-17H2,1-3H3/t26-,27+/m0/s1. The summed E-state index contributed by atoms with van der Waals surface area (Å²) in [5.41, 5.74) is 2.32. The van der Waals surface area contributed by atoms with Crippen molar-refractivity contribution < 1.29 is 27.8 Å². The fraction of sp³-hybridized carbons (Fsp3) is 0.321. The van der Waals surface area contributed by atoms with Gasteiger partial charge in [-0.15, -0.1) is 0 Å². The predicted octanol–water partition coefficient (Wildman–Crippen LogP) is 4.41. The number of rotatable bonds is 7. The van der Waals surface area contributed by atoms with Crippen LogP contribution >= 0.6 is 0 Å². The molecule has 0 radical (unpaired) electrons. The second-order valence-electron chi connectivity index (χ2n) is 9.29. The molecule has 3 aromatic carbocycles. The molecule has 1 fully saturated rings. The Kier molecular flexibility index (Phi) is 8.04. The highest BCUT2D eigenvalue weighted by molar-refractivity contribution is 6.00. The number of methoxy groups -OCH3 is 1. The van der Waals surface area contributed by atoms with Crippen LogP contribution in [0.5, 0.6) is 5.75 Å². The number of hydrogen-bond acceptors (Lipinski definition) is 5. The summed E-state index contributed by atoms with van der Waals surface area (Å²) >= 11 is 0. The van der Waals surface area contributed by atoms with Crippen LogP contribution in [0.3, 0.4) is 0 Å². The van der Waals surface area contributed by atoms with Gasteiger partial charge in [0, 0.05) is 40.3 Å². The van der Waals surface area contributed by atoms with E-state index in [-0.39, 0.29) is 29.9 Å². The van der Waals surface area contributed by atoms with Crippen molar-refractivity contribution in [3.05, 3.63) is 94.8 Å². The summed E-state index contributed by atoms with van der Waals surface area (Å²) < 4.78 is 46.1. The lowest BCUT2D eigenvalue weighted by Gasteiger charge is -2.44. The van der Waals surface area contributed by atoms with Gasteiger partial charge in [-0.05, 0) is 53.6 Å². The van der Waals surface area contributed by atoms with Crippen LogP contribution in [0.1, 0.15) is 33.6 Å². The quantitative estimate of drug-likeness (QED) is 0.507. The molecule has 2 atom stereocenters. The van der Waals surface area contributed by atoms with Crippen LogP contribution in [-0.2, 0) is 0 Å². The van der Waals surface area contributed by atoms with E-state index in [0.717, 1.165) is 23.4 Å². The van der Waals surface area contributed by atoms with Crippen LogP contribution in [-0.4, -0.2) is 68.2 Å². The highest BCUT2D eigenvalue weighted by Crippen LogP contribution is 2.36. The molecule has 1 heterocycles. The van der Waals surface area contributed by atoms with Crippen molar-refractivity contribution in [3.63, 3.8) is 0 Å².